The van der Waals surface area contributed by atoms with Gasteiger partial charge >= 0.3 is 5.97 Å². The monoisotopic (exact) mass is 165 g/mol. The molecule has 3 heterocycles. The zero-order chi connectivity index (χ0) is 7.24. The number of rotatable bonds is 3. The summed E-state index contributed by atoms with van der Waals surface area (Å²) in [6.45, 7) is 0.484. The normalized spacial score (nSPS) is 49.8. The third kappa shape index (κ3) is 0.654. The van der Waals surface area contributed by atoms with Crippen LogP contribution < -0.4 is 5.73 Å². The summed E-state index contributed by atoms with van der Waals surface area (Å²) in [6.07, 6.45) is 0.561. The molecule has 0 aromatic heterocycles. The maximum atomic E-state index is 5.44. The first kappa shape index (κ1) is 6.82. The van der Waals surface area contributed by atoms with Gasteiger partial charge in [0.1, 0.15) is 5.88 Å². The molecule has 0 saturated carbocycles. The van der Waals surface area contributed by atoms with Crippen LogP contribution in [0.2, 0.25) is 0 Å². The molecule has 3 fully saturated rings. The van der Waals surface area contributed by atoms with Crippen molar-refractivity contribution in [3.8, 4) is 0 Å². The average molecular weight is 166 g/mol. The van der Waals surface area contributed by atoms with Gasteiger partial charge in [-0.25, -0.2) is 0 Å². The summed E-state index contributed by atoms with van der Waals surface area (Å²) in [5, 5.41) is 0. The maximum Gasteiger partial charge on any atom is 0.309 e. The standard InChI is InChI=1S/C5H8ClNO3/c6-3-5-8-4(9-5,10-5)1-2-7/h1-3,7H2. The van der Waals surface area contributed by atoms with E-state index in [9.17, 15) is 0 Å². The number of nitrogens with two attached hydrogens (primary N) is 1. The molecule has 3 aliphatic rings. The third-order valence-corrected chi connectivity index (χ3v) is 1.87. The number of alkyl halides is 1. The molecule has 10 heavy (non-hydrogen) atoms. The van der Waals surface area contributed by atoms with Crippen molar-refractivity contribution in [3.05, 3.63) is 0 Å². The second-order valence-corrected chi connectivity index (χ2v) is 2.61. The van der Waals surface area contributed by atoms with E-state index >= 15 is 0 Å². The highest BCUT2D eigenvalue weighted by Gasteiger charge is 2.74. The van der Waals surface area contributed by atoms with E-state index in [1.807, 2.05) is 0 Å². The lowest BCUT2D eigenvalue weighted by Crippen LogP contribution is -2.81. The highest BCUT2D eigenvalue weighted by atomic mass is 35.5. The SMILES string of the molecule is NCCC12OC(CCl)(O1)O2. The molecule has 3 rings (SSSR count). The fraction of sp³-hybridized carbons (Fsp3) is 1.00. The van der Waals surface area contributed by atoms with E-state index in [4.69, 9.17) is 31.5 Å². The molecule has 0 radical (unpaired) electrons. The van der Waals surface area contributed by atoms with Crippen molar-refractivity contribution < 1.29 is 14.2 Å². The summed E-state index contributed by atoms with van der Waals surface area (Å²) in [5.74, 6) is -1.54. The number of ether oxygens (including phenoxy) is 3. The van der Waals surface area contributed by atoms with Crippen LogP contribution in [0.15, 0.2) is 0 Å². The fourth-order valence-electron chi connectivity index (χ4n) is 1.15. The summed E-state index contributed by atoms with van der Waals surface area (Å²) < 4.78 is 15.4. The number of halogens is 1. The van der Waals surface area contributed by atoms with E-state index in [0.29, 0.717) is 13.0 Å². The van der Waals surface area contributed by atoms with E-state index in [0.717, 1.165) is 0 Å². The van der Waals surface area contributed by atoms with Gasteiger partial charge in [-0.2, -0.15) is 0 Å². The molecule has 0 amide bonds. The lowest BCUT2D eigenvalue weighted by Gasteiger charge is -2.65. The van der Waals surface area contributed by atoms with Crippen LogP contribution in [0.1, 0.15) is 6.42 Å². The van der Waals surface area contributed by atoms with Gasteiger partial charge in [-0.15, -0.1) is 11.6 Å². The van der Waals surface area contributed by atoms with Gasteiger partial charge in [0, 0.05) is 13.0 Å². The Morgan fingerprint density at radius 1 is 1.20 bits per heavy atom. The van der Waals surface area contributed by atoms with Gasteiger partial charge in [-0.3, -0.25) is 14.2 Å². The van der Waals surface area contributed by atoms with E-state index in [2.05, 4.69) is 0 Å². The van der Waals surface area contributed by atoms with Crippen LogP contribution >= 0.6 is 11.6 Å². The highest BCUT2D eigenvalue weighted by molar-refractivity contribution is 6.18. The van der Waals surface area contributed by atoms with E-state index < -0.39 is 11.9 Å². The largest absolute Gasteiger partial charge is 0.330 e. The Labute approximate surface area is 63.2 Å². The quantitative estimate of drug-likeness (QED) is 0.597. The highest BCUT2D eigenvalue weighted by Crippen LogP contribution is 2.56. The molecule has 58 valence electrons. The van der Waals surface area contributed by atoms with Crippen LogP contribution in [0.4, 0.5) is 0 Å². The Kier molecular flexibility index (Phi) is 1.25. The number of hydrogen-bond donors (Lipinski definition) is 1. The van der Waals surface area contributed by atoms with Crippen molar-refractivity contribution in [1.82, 2.24) is 0 Å². The lowest BCUT2D eigenvalue weighted by atomic mass is 10.2. The first-order valence-corrected chi connectivity index (χ1v) is 3.64. The molecule has 0 aliphatic carbocycles. The summed E-state index contributed by atoms with van der Waals surface area (Å²) in [5.41, 5.74) is 5.26. The molecule has 0 aromatic carbocycles. The molecule has 3 aliphatic heterocycles. The van der Waals surface area contributed by atoms with Crippen LogP contribution in [0.3, 0.4) is 0 Å². The average Bonchev–Trinajstić information content (AvgIpc) is 1.74. The predicted octanol–water partition coefficient (Wildman–Crippen LogP) is -0.0414. The zero-order valence-corrected chi connectivity index (χ0v) is 6.06. The smallest absolute Gasteiger partial charge is 0.309 e. The summed E-state index contributed by atoms with van der Waals surface area (Å²) in [6, 6.07) is 0. The Morgan fingerprint density at radius 2 is 1.80 bits per heavy atom. The topological polar surface area (TPSA) is 53.7 Å². The molecule has 0 atom stereocenters. The van der Waals surface area contributed by atoms with Crippen molar-refractivity contribution >= 4 is 11.6 Å². The Balaban J connectivity index is 1.86. The molecule has 5 heteroatoms. The Bertz CT molecular complexity index is 143. The molecule has 0 spiro atoms. The van der Waals surface area contributed by atoms with Gasteiger partial charge in [0.05, 0.1) is 0 Å². The van der Waals surface area contributed by atoms with E-state index in [1.54, 1.807) is 0 Å². The minimum Gasteiger partial charge on any atom is -0.330 e. The second kappa shape index (κ2) is 1.84. The predicted molar refractivity (Wildman–Crippen MR) is 33.1 cm³/mol. The molecule has 2 N–H and O–H groups in total. The summed E-state index contributed by atoms with van der Waals surface area (Å²) >= 11 is 5.44. The number of hydrogen-bond acceptors (Lipinski definition) is 4. The molecule has 3 saturated heterocycles. The van der Waals surface area contributed by atoms with Crippen LogP contribution in [-0.4, -0.2) is 24.4 Å². The Hall–Kier alpha value is 0.130. The molecular weight excluding hydrogens is 158 g/mol. The minimum absolute atomic E-state index is 0.208. The van der Waals surface area contributed by atoms with Gasteiger partial charge in [-0.1, -0.05) is 0 Å². The van der Waals surface area contributed by atoms with Gasteiger partial charge < -0.3 is 5.73 Å². The van der Waals surface area contributed by atoms with Crippen LogP contribution in [0, 0.1) is 0 Å². The van der Waals surface area contributed by atoms with E-state index in [-0.39, 0.29) is 5.88 Å². The summed E-state index contributed by atoms with van der Waals surface area (Å²) in [7, 11) is 0. The first-order valence-electron chi connectivity index (χ1n) is 3.11. The molecule has 0 unspecified atom stereocenters. The Morgan fingerprint density at radius 3 is 2.20 bits per heavy atom. The minimum atomic E-state index is -0.920. The van der Waals surface area contributed by atoms with Crippen LogP contribution in [0.25, 0.3) is 0 Å². The van der Waals surface area contributed by atoms with Crippen LogP contribution in [0.5, 0.6) is 0 Å². The molecule has 4 nitrogen and oxygen atoms in total. The van der Waals surface area contributed by atoms with Gasteiger partial charge in [0.15, 0.2) is 0 Å². The molecular formula is C5H8ClNO3. The van der Waals surface area contributed by atoms with Crippen molar-refractivity contribution in [2.45, 2.75) is 18.4 Å². The molecule has 2 bridgehead atoms. The van der Waals surface area contributed by atoms with Crippen molar-refractivity contribution in [3.63, 3.8) is 0 Å². The van der Waals surface area contributed by atoms with Crippen molar-refractivity contribution in [2.24, 2.45) is 5.73 Å². The third-order valence-electron chi connectivity index (χ3n) is 1.55. The van der Waals surface area contributed by atoms with E-state index in [1.165, 1.54) is 0 Å². The first-order chi connectivity index (χ1) is 4.74. The second-order valence-electron chi connectivity index (χ2n) is 2.34. The van der Waals surface area contributed by atoms with Gasteiger partial charge in [0.2, 0.25) is 0 Å². The van der Waals surface area contributed by atoms with Crippen molar-refractivity contribution in [2.75, 3.05) is 12.4 Å². The maximum absolute atomic E-state index is 5.44. The van der Waals surface area contributed by atoms with Gasteiger partial charge in [-0.05, 0) is 0 Å². The zero-order valence-electron chi connectivity index (χ0n) is 5.30. The summed E-state index contributed by atoms with van der Waals surface area (Å²) in [4.78, 5) is 0. The van der Waals surface area contributed by atoms with Gasteiger partial charge in [0.25, 0.3) is 5.97 Å². The molecule has 0 aromatic rings. The van der Waals surface area contributed by atoms with Crippen molar-refractivity contribution in [1.29, 1.82) is 0 Å². The fourth-order valence-corrected chi connectivity index (χ4v) is 1.31. The lowest BCUT2D eigenvalue weighted by molar-refractivity contribution is -0.786. The van der Waals surface area contributed by atoms with Crippen LogP contribution in [-0.2, 0) is 14.2 Å².